The van der Waals surface area contributed by atoms with Crippen LogP contribution in [-0.4, -0.2) is 30.0 Å². The minimum absolute atomic E-state index is 0.144. The Morgan fingerprint density at radius 2 is 2.19 bits per heavy atom. The number of nitrogen functional groups attached to an aromatic ring is 1. The fourth-order valence-electron chi connectivity index (χ4n) is 1.84. The van der Waals surface area contributed by atoms with E-state index in [1.54, 1.807) is 30.1 Å². The molecule has 0 bridgehead atoms. The van der Waals surface area contributed by atoms with E-state index < -0.39 is 10.0 Å². The van der Waals surface area contributed by atoms with Crippen LogP contribution in [0.4, 0.5) is 5.69 Å². The molecule has 2 rings (SSSR count). The van der Waals surface area contributed by atoms with Gasteiger partial charge in [0.05, 0.1) is 21.8 Å². The zero-order valence-electron chi connectivity index (χ0n) is 11.5. The van der Waals surface area contributed by atoms with Crippen molar-refractivity contribution in [2.75, 3.05) is 12.3 Å². The van der Waals surface area contributed by atoms with Crippen LogP contribution in [0.1, 0.15) is 12.0 Å². The second kappa shape index (κ2) is 6.42. The number of rotatable bonds is 6. The SMILES string of the molecule is Cc1cc(Cl)c(N)cc1S(=O)(=O)NCCCn1ccnn1. The molecular weight excluding hydrogens is 314 g/mol. The zero-order chi connectivity index (χ0) is 15.5. The highest BCUT2D eigenvalue weighted by atomic mass is 35.5. The highest BCUT2D eigenvalue weighted by molar-refractivity contribution is 7.89. The smallest absolute Gasteiger partial charge is 0.240 e. The van der Waals surface area contributed by atoms with E-state index in [9.17, 15) is 8.42 Å². The van der Waals surface area contributed by atoms with Gasteiger partial charge in [-0.3, -0.25) is 4.68 Å². The number of hydrogen-bond donors (Lipinski definition) is 2. The Balaban J connectivity index is 2.00. The van der Waals surface area contributed by atoms with Gasteiger partial charge in [-0.05, 0) is 31.0 Å². The van der Waals surface area contributed by atoms with Gasteiger partial charge in [-0.15, -0.1) is 5.10 Å². The molecule has 0 saturated heterocycles. The molecule has 7 nitrogen and oxygen atoms in total. The fourth-order valence-corrected chi connectivity index (χ4v) is 3.39. The van der Waals surface area contributed by atoms with Crippen molar-refractivity contribution in [2.24, 2.45) is 0 Å². The summed E-state index contributed by atoms with van der Waals surface area (Å²) < 4.78 is 28.6. The molecule has 9 heteroatoms. The standard InChI is InChI=1S/C12H16ClN5O2S/c1-9-7-10(13)11(14)8-12(9)21(19,20)16-3-2-5-18-6-4-15-17-18/h4,6-8,16H,2-3,5,14H2,1H3. The predicted molar refractivity (Wildman–Crippen MR) is 80.4 cm³/mol. The lowest BCUT2D eigenvalue weighted by molar-refractivity contribution is 0.542. The van der Waals surface area contributed by atoms with Crippen LogP contribution in [0.15, 0.2) is 29.4 Å². The molecule has 0 atom stereocenters. The number of nitrogens with two attached hydrogens (primary N) is 1. The minimum atomic E-state index is -3.61. The topological polar surface area (TPSA) is 103 Å². The first-order chi connectivity index (χ1) is 9.90. The van der Waals surface area contributed by atoms with Gasteiger partial charge in [-0.1, -0.05) is 16.8 Å². The second-order valence-electron chi connectivity index (χ2n) is 4.56. The Morgan fingerprint density at radius 3 is 2.86 bits per heavy atom. The van der Waals surface area contributed by atoms with Crippen molar-refractivity contribution >= 4 is 27.3 Å². The lowest BCUT2D eigenvalue weighted by Gasteiger charge is -2.11. The lowest BCUT2D eigenvalue weighted by Crippen LogP contribution is -2.26. The van der Waals surface area contributed by atoms with Crippen LogP contribution in [0, 0.1) is 6.92 Å². The number of anilines is 1. The molecule has 1 aromatic carbocycles. The third-order valence-electron chi connectivity index (χ3n) is 2.91. The van der Waals surface area contributed by atoms with Gasteiger partial charge in [-0.2, -0.15) is 0 Å². The minimum Gasteiger partial charge on any atom is -0.397 e. The van der Waals surface area contributed by atoms with Crippen molar-refractivity contribution in [3.05, 3.63) is 35.1 Å². The van der Waals surface area contributed by atoms with Crippen molar-refractivity contribution in [3.63, 3.8) is 0 Å². The van der Waals surface area contributed by atoms with E-state index >= 15 is 0 Å². The van der Waals surface area contributed by atoms with Crippen molar-refractivity contribution < 1.29 is 8.42 Å². The summed E-state index contributed by atoms with van der Waals surface area (Å²) in [5, 5.41) is 7.82. The molecule has 0 aliphatic carbocycles. The molecule has 0 aliphatic rings. The van der Waals surface area contributed by atoms with Gasteiger partial charge < -0.3 is 5.73 Å². The van der Waals surface area contributed by atoms with E-state index in [-0.39, 0.29) is 10.6 Å². The molecule has 0 aliphatic heterocycles. The van der Waals surface area contributed by atoms with Crippen LogP contribution in [0.3, 0.4) is 0 Å². The molecule has 21 heavy (non-hydrogen) atoms. The molecule has 1 heterocycles. The molecule has 114 valence electrons. The maximum atomic E-state index is 12.2. The summed E-state index contributed by atoms with van der Waals surface area (Å²) in [6.45, 7) is 2.56. The molecule has 0 amide bonds. The van der Waals surface area contributed by atoms with Gasteiger partial charge in [0.1, 0.15) is 0 Å². The Bertz CT molecular complexity index is 715. The lowest BCUT2D eigenvalue weighted by atomic mass is 10.2. The third-order valence-corrected chi connectivity index (χ3v) is 4.84. The van der Waals surface area contributed by atoms with Crippen LogP contribution in [-0.2, 0) is 16.6 Å². The van der Waals surface area contributed by atoms with Crippen LogP contribution in [0.5, 0.6) is 0 Å². The Morgan fingerprint density at radius 1 is 1.43 bits per heavy atom. The molecule has 0 unspecified atom stereocenters. The van der Waals surface area contributed by atoms with Gasteiger partial charge in [-0.25, -0.2) is 13.1 Å². The van der Waals surface area contributed by atoms with Crippen molar-refractivity contribution in [2.45, 2.75) is 24.8 Å². The summed E-state index contributed by atoms with van der Waals surface area (Å²) in [5.74, 6) is 0. The average Bonchev–Trinajstić information content (AvgIpc) is 2.92. The number of aromatic nitrogens is 3. The first-order valence-corrected chi connectivity index (χ1v) is 8.15. The first kappa shape index (κ1) is 15.7. The molecular formula is C12H16ClN5O2S. The maximum Gasteiger partial charge on any atom is 0.240 e. The van der Waals surface area contributed by atoms with Crippen LogP contribution in [0.2, 0.25) is 5.02 Å². The number of sulfonamides is 1. The van der Waals surface area contributed by atoms with E-state index in [0.29, 0.717) is 30.1 Å². The van der Waals surface area contributed by atoms with E-state index in [1.165, 1.54) is 6.07 Å². The number of benzene rings is 1. The Labute approximate surface area is 128 Å². The highest BCUT2D eigenvalue weighted by Crippen LogP contribution is 2.25. The summed E-state index contributed by atoms with van der Waals surface area (Å²) in [7, 11) is -3.61. The van der Waals surface area contributed by atoms with Gasteiger partial charge in [0.25, 0.3) is 0 Å². The number of halogens is 1. The zero-order valence-corrected chi connectivity index (χ0v) is 13.0. The Kier molecular flexibility index (Phi) is 4.81. The second-order valence-corrected chi connectivity index (χ2v) is 6.70. The molecule has 2 aromatic rings. The van der Waals surface area contributed by atoms with Crippen LogP contribution in [0.25, 0.3) is 0 Å². The summed E-state index contributed by atoms with van der Waals surface area (Å²) in [6.07, 6.45) is 3.90. The van der Waals surface area contributed by atoms with Gasteiger partial charge in [0.15, 0.2) is 0 Å². The summed E-state index contributed by atoms with van der Waals surface area (Å²) >= 11 is 5.86. The van der Waals surface area contributed by atoms with E-state index in [4.69, 9.17) is 17.3 Å². The fraction of sp³-hybridized carbons (Fsp3) is 0.333. The third kappa shape index (κ3) is 3.93. The van der Waals surface area contributed by atoms with Crippen LogP contribution >= 0.6 is 11.6 Å². The van der Waals surface area contributed by atoms with Gasteiger partial charge in [0, 0.05) is 19.3 Å². The number of hydrogen-bond acceptors (Lipinski definition) is 5. The van der Waals surface area contributed by atoms with Crippen molar-refractivity contribution in [1.82, 2.24) is 19.7 Å². The average molecular weight is 330 g/mol. The molecule has 0 spiro atoms. The monoisotopic (exact) mass is 329 g/mol. The van der Waals surface area contributed by atoms with Crippen molar-refractivity contribution in [1.29, 1.82) is 0 Å². The van der Waals surface area contributed by atoms with Crippen molar-refractivity contribution in [3.8, 4) is 0 Å². The van der Waals surface area contributed by atoms with Crippen LogP contribution < -0.4 is 10.5 Å². The summed E-state index contributed by atoms with van der Waals surface area (Å²) in [4.78, 5) is 0.144. The molecule has 0 radical (unpaired) electrons. The predicted octanol–water partition coefficient (Wildman–Crippen LogP) is 1.19. The normalized spacial score (nSPS) is 11.7. The van der Waals surface area contributed by atoms with Gasteiger partial charge >= 0.3 is 0 Å². The number of aryl methyl sites for hydroxylation is 2. The highest BCUT2D eigenvalue weighted by Gasteiger charge is 2.17. The number of nitrogens with zero attached hydrogens (tertiary/aromatic N) is 3. The van der Waals surface area contributed by atoms with E-state index in [1.807, 2.05) is 0 Å². The van der Waals surface area contributed by atoms with E-state index in [2.05, 4.69) is 15.0 Å². The molecule has 3 N–H and O–H groups in total. The molecule has 0 saturated carbocycles. The maximum absolute atomic E-state index is 12.2. The first-order valence-electron chi connectivity index (χ1n) is 6.29. The quantitative estimate of drug-likeness (QED) is 0.612. The van der Waals surface area contributed by atoms with E-state index in [0.717, 1.165) is 0 Å². The summed E-state index contributed by atoms with van der Waals surface area (Å²) in [5.41, 5.74) is 6.46. The van der Waals surface area contributed by atoms with Gasteiger partial charge in [0.2, 0.25) is 10.0 Å². The number of nitrogens with one attached hydrogen (secondary N) is 1. The molecule has 0 fully saturated rings. The largest absolute Gasteiger partial charge is 0.397 e. The Hall–Kier alpha value is -1.64. The molecule has 1 aromatic heterocycles. The summed E-state index contributed by atoms with van der Waals surface area (Å²) in [6, 6.07) is 2.91.